The SMILES string of the molecule is [O-][S+](c1ccc(O)c(Cl)c1)C(F)(F)F. The van der Waals surface area contributed by atoms with Gasteiger partial charge in [-0.05, 0) is 12.1 Å². The maximum absolute atomic E-state index is 12.0. The highest BCUT2D eigenvalue weighted by atomic mass is 35.5. The molecule has 1 rings (SSSR count). The first kappa shape index (κ1) is 11.5. The summed E-state index contributed by atoms with van der Waals surface area (Å²) < 4.78 is 46.7. The van der Waals surface area contributed by atoms with Crippen LogP contribution in [0.4, 0.5) is 13.2 Å². The zero-order valence-corrected chi connectivity index (χ0v) is 8.08. The molecule has 0 saturated carbocycles. The van der Waals surface area contributed by atoms with E-state index in [-0.39, 0.29) is 10.8 Å². The monoisotopic (exact) mass is 244 g/mol. The van der Waals surface area contributed by atoms with Crippen molar-refractivity contribution in [3.63, 3.8) is 0 Å². The third-order valence-electron chi connectivity index (χ3n) is 1.34. The van der Waals surface area contributed by atoms with E-state index in [2.05, 4.69) is 0 Å². The molecule has 0 aliphatic rings. The van der Waals surface area contributed by atoms with E-state index >= 15 is 0 Å². The van der Waals surface area contributed by atoms with Gasteiger partial charge in [0.15, 0.2) is 4.90 Å². The van der Waals surface area contributed by atoms with Gasteiger partial charge in [0.25, 0.3) is 0 Å². The fourth-order valence-electron chi connectivity index (χ4n) is 0.737. The molecule has 0 aliphatic carbocycles. The Hall–Kier alpha value is -0.590. The van der Waals surface area contributed by atoms with Gasteiger partial charge in [-0.2, -0.15) is 0 Å². The van der Waals surface area contributed by atoms with Crippen LogP contribution >= 0.6 is 11.6 Å². The van der Waals surface area contributed by atoms with Crippen molar-refractivity contribution in [3.8, 4) is 5.75 Å². The van der Waals surface area contributed by atoms with Crippen molar-refractivity contribution in [3.05, 3.63) is 23.2 Å². The summed E-state index contributed by atoms with van der Waals surface area (Å²) in [5, 5.41) is 8.65. The van der Waals surface area contributed by atoms with Gasteiger partial charge in [-0.3, -0.25) is 0 Å². The first-order valence-corrected chi connectivity index (χ1v) is 4.82. The number of halogens is 4. The first-order chi connectivity index (χ1) is 6.32. The molecule has 7 heteroatoms. The number of hydrogen-bond acceptors (Lipinski definition) is 2. The van der Waals surface area contributed by atoms with E-state index in [0.29, 0.717) is 0 Å². The molecule has 0 fully saturated rings. The summed E-state index contributed by atoms with van der Waals surface area (Å²) >= 11 is 2.24. The zero-order valence-electron chi connectivity index (χ0n) is 6.51. The number of phenols is 1. The molecule has 0 bridgehead atoms. The summed E-state index contributed by atoms with van der Waals surface area (Å²) in [7, 11) is 0. The van der Waals surface area contributed by atoms with Gasteiger partial charge in [0.1, 0.15) is 5.75 Å². The summed E-state index contributed by atoms with van der Waals surface area (Å²) in [4.78, 5) is -0.486. The minimum absolute atomic E-state index is 0.264. The van der Waals surface area contributed by atoms with E-state index in [1.165, 1.54) is 0 Å². The highest BCUT2D eigenvalue weighted by Crippen LogP contribution is 2.33. The van der Waals surface area contributed by atoms with E-state index in [1.807, 2.05) is 0 Å². The molecule has 0 radical (unpaired) electrons. The van der Waals surface area contributed by atoms with Crippen LogP contribution in [0.3, 0.4) is 0 Å². The Bertz CT molecular complexity index is 342. The molecule has 0 saturated heterocycles. The van der Waals surface area contributed by atoms with Crippen LogP contribution in [0.15, 0.2) is 23.1 Å². The van der Waals surface area contributed by atoms with Crippen LogP contribution in [-0.2, 0) is 11.2 Å². The Kier molecular flexibility index (Phi) is 3.18. The van der Waals surface area contributed by atoms with Gasteiger partial charge in [-0.15, -0.1) is 13.2 Å². The highest BCUT2D eigenvalue weighted by molar-refractivity contribution is 7.92. The lowest BCUT2D eigenvalue weighted by Gasteiger charge is -2.12. The van der Waals surface area contributed by atoms with Crippen LogP contribution in [0, 0.1) is 0 Å². The van der Waals surface area contributed by atoms with Gasteiger partial charge in [0.05, 0.1) is 16.2 Å². The van der Waals surface area contributed by atoms with Gasteiger partial charge in [-0.1, -0.05) is 11.6 Å². The minimum atomic E-state index is -4.82. The molecule has 0 amide bonds. The van der Waals surface area contributed by atoms with Crippen molar-refractivity contribution >= 4 is 22.8 Å². The summed E-state index contributed by atoms with van der Waals surface area (Å²) in [5.41, 5.74) is -4.82. The van der Waals surface area contributed by atoms with E-state index < -0.39 is 21.6 Å². The maximum Gasteiger partial charge on any atom is 0.578 e. The second-order valence-corrected chi connectivity index (χ2v) is 4.21. The van der Waals surface area contributed by atoms with Gasteiger partial charge in [0, 0.05) is 6.07 Å². The molecule has 1 N–H and O–H groups in total. The summed E-state index contributed by atoms with van der Waals surface area (Å²) in [6, 6.07) is 2.69. The Labute approximate surface area is 85.5 Å². The Morgan fingerprint density at radius 1 is 1.36 bits per heavy atom. The fraction of sp³-hybridized carbons (Fsp3) is 0.143. The number of hydrogen-bond donors (Lipinski definition) is 1. The highest BCUT2D eigenvalue weighted by Gasteiger charge is 2.46. The van der Waals surface area contributed by atoms with E-state index in [9.17, 15) is 17.7 Å². The summed E-state index contributed by atoms with van der Waals surface area (Å²) in [5.74, 6) is -0.352. The first-order valence-electron chi connectivity index (χ1n) is 3.29. The molecule has 0 aromatic heterocycles. The average molecular weight is 245 g/mol. The number of phenolic OH excluding ortho intramolecular Hbond substituents is 1. The molecule has 1 atom stereocenters. The largest absolute Gasteiger partial charge is 0.604 e. The second-order valence-electron chi connectivity index (χ2n) is 2.33. The third kappa shape index (κ3) is 2.46. The van der Waals surface area contributed by atoms with Crippen LogP contribution in [0.5, 0.6) is 5.75 Å². The summed E-state index contributed by atoms with van der Waals surface area (Å²) in [6.45, 7) is 0. The molecule has 1 aromatic carbocycles. The average Bonchev–Trinajstić information content (AvgIpc) is 2.07. The van der Waals surface area contributed by atoms with Crippen LogP contribution in [0.1, 0.15) is 0 Å². The lowest BCUT2D eigenvalue weighted by atomic mass is 10.3. The predicted molar refractivity (Wildman–Crippen MR) is 45.6 cm³/mol. The van der Waals surface area contributed by atoms with Crippen molar-refractivity contribution < 1.29 is 22.8 Å². The molecular weight excluding hydrogens is 241 g/mol. The zero-order chi connectivity index (χ0) is 10.9. The number of alkyl halides is 3. The smallest absolute Gasteiger partial charge is 0.578 e. The van der Waals surface area contributed by atoms with Gasteiger partial charge in [0.2, 0.25) is 0 Å². The molecule has 0 aliphatic heterocycles. The third-order valence-corrected chi connectivity index (χ3v) is 2.75. The summed E-state index contributed by atoms with van der Waals surface area (Å²) in [6.07, 6.45) is 0. The molecule has 0 spiro atoms. The second kappa shape index (κ2) is 3.88. The quantitative estimate of drug-likeness (QED) is 0.772. The Morgan fingerprint density at radius 3 is 2.36 bits per heavy atom. The van der Waals surface area contributed by atoms with Gasteiger partial charge < -0.3 is 9.66 Å². The Morgan fingerprint density at radius 2 is 1.93 bits per heavy atom. The van der Waals surface area contributed by atoms with Crippen molar-refractivity contribution in [2.45, 2.75) is 10.4 Å². The van der Waals surface area contributed by atoms with Crippen LogP contribution in [-0.4, -0.2) is 15.2 Å². The number of rotatable bonds is 1. The standard InChI is InChI=1S/C7H4ClF3O2S/c8-5-3-4(1-2-6(5)12)14(13)7(9,10)11/h1-3,12H. The Balaban J connectivity index is 3.03. The van der Waals surface area contributed by atoms with E-state index in [4.69, 9.17) is 16.7 Å². The van der Waals surface area contributed by atoms with Crippen LogP contribution < -0.4 is 0 Å². The molecular formula is C7H4ClF3O2S. The predicted octanol–water partition coefficient (Wildman–Crippen LogP) is 2.67. The molecule has 0 heterocycles. The van der Waals surface area contributed by atoms with Crippen LogP contribution in [0.2, 0.25) is 5.02 Å². The number of benzene rings is 1. The number of aromatic hydroxyl groups is 1. The fourth-order valence-corrected chi connectivity index (χ4v) is 1.67. The van der Waals surface area contributed by atoms with Crippen LogP contribution in [0.25, 0.3) is 0 Å². The van der Waals surface area contributed by atoms with E-state index in [0.717, 1.165) is 18.2 Å². The molecule has 2 nitrogen and oxygen atoms in total. The van der Waals surface area contributed by atoms with E-state index in [1.54, 1.807) is 0 Å². The van der Waals surface area contributed by atoms with Crippen molar-refractivity contribution in [2.24, 2.45) is 0 Å². The minimum Gasteiger partial charge on any atom is -0.604 e. The molecule has 1 aromatic rings. The van der Waals surface area contributed by atoms with Crippen molar-refractivity contribution in [1.29, 1.82) is 0 Å². The van der Waals surface area contributed by atoms with Crippen molar-refractivity contribution in [2.75, 3.05) is 0 Å². The van der Waals surface area contributed by atoms with Crippen molar-refractivity contribution in [1.82, 2.24) is 0 Å². The molecule has 78 valence electrons. The molecule has 1 unspecified atom stereocenters. The lowest BCUT2D eigenvalue weighted by molar-refractivity contribution is -0.0435. The lowest BCUT2D eigenvalue weighted by Crippen LogP contribution is -2.23. The normalized spacial score (nSPS) is 14.1. The topological polar surface area (TPSA) is 43.3 Å². The van der Waals surface area contributed by atoms with Gasteiger partial charge >= 0.3 is 5.51 Å². The molecule has 14 heavy (non-hydrogen) atoms. The van der Waals surface area contributed by atoms with Gasteiger partial charge in [-0.25, -0.2) is 0 Å². The maximum atomic E-state index is 12.0.